The molecular weight excluding hydrogens is 146 g/mol. The van der Waals surface area contributed by atoms with Crippen molar-refractivity contribution in [1.29, 1.82) is 0 Å². The molecule has 0 aliphatic carbocycles. The summed E-state index contributed by atoms with van der Waals surface area (Å²) in [6, 6.07) is 1.93. The third-order valence-electron chi connectivity index (χ3n) is 1.19. The van der Waals surface area contributed by atoms with Gasteiger partial charge >= 0.3 is 0 Å². The highest BCUT2D eigenvalue weighted by molar-refractivity contribution is 7.98. The first kappa shape index (κ1) is 7.41. The summed E-state index contributed by atoms with van der Waals surface area (Å²) >= 11 is 1.65. The van der Waals surface area contributed by atoms with Gasteiger partial charge in [-0.1, -0.05) is 0 Å². The number of nitrogens with zero attached hydrogens (tertiary/aromatic N) is 1. The van der Waals surface area contributed by atoms with Crippen LogP contribution in [-0.2, 0) is 0 Å². The Hall–Kier alpha value is -0.700. The zero-order valence-corrected chi connectivity index (χ0v) is 6.81. The van der Waals surface area contributed by atoms with Crippen molar-refractivity contribution >= 4 is 11.8 Å². The zero-order chi connectivity index (χ0) is 7.40. The van der Waals surface area contributed by atoms with Gasteiger partial charge in [0.05, 0.1) is 18.2 Å². The number of methoxy groups -OCH3 is 1. The Bertz CT molecular complexity index is 192. The first-order valence-corrected chi connectivity index (χ1v) is 4.13. The number of hydrogen-bond donors (Lipinski definition) is 0. The molecular formula is C7H9NOS. The van der Waals surface area contributed by atoms with Crippen LogP contribution in [0.5, 0.6) is 5.75 Å². The van der Waals surface area contributed by atoms with Crippen LogP contribution < -0.4 is 4.74 Å². The second-order valence-electron chi connectivity index (χ2n) is 1.73. The van der Waals surface area contributed by atoms with E-state index in [1.807, 2.05) is 12.3 Å². The molecule has 54 valence electrons. The molecule has 1 aromatic heterocycles. The van der Waals surface area contributed by atoms with Gasteiger partial charge in [0.1, 0.15) is 0 Å². The highest BCUT2D eigenvalue weighted by Gasteiger charge is 1.97. The molecule has 0 amide bonds. The predicted octanol–water partition coefficient (Wildman–Crippen LogP) is 1.81. The molecule has 0 unspecified atom stereocenters. The van der Waals surface area contributed by atoms with Gasteiger partial charge in [-0.25, -0.2) is 0 Å². The van der Waals surface area contributed by atoms with E-state index >= 15 is 0 Å². The summed E-state index contributed by atoms with van der Waals surface area (Å²) in [5.41, 5.74) is 0. The molecule has 1 aromatic rings. The van der Waals surface area contributed by atoms with Crippen molar-refractivity contribution in [3.05, 3.63) is 18.5 Å². The largest absolute Gasteiger partial charge is 0.494 e. The first-order valence-electron chi connectivity index (χ1n) is 2.90. The summed E-state index contributed by atoms with van der Waals surface area (Å²) in [4.78, 5) is 5.05. The van der Waals surface area contributed by atoms with Gasteiger partial charge in [-0.05, 0) is 12.3 Å². The average molecular weight is 155 g/mol. The van der Waals surface area contributed by atoms with Gasteiger partial charge in [0.2, 0.25) is 0 Å². The van der Waals surface area contributed by atoms with Gasteiger partial charge in [0.25, 0.3) is 0 Å². The number of aromatic nitrogens is 1. The second-order valence-corrected chi connectivity index (χ2v) is 2.58. The Morgan fingerprint density at radius 2 is 2.40 bits per heavy atom. The number of thioether (sulfide) groups is 1. The minimum atomic E-state index is 0.843. The maximum atomic E-state index is 5.05. The van der Waals surface area contributed by atoms with Crippen LogP contribution in [0.25, 0.3) is 0 Å². The summed E-state index contributed by atoms with van der Waals surface area (Å²) < 4.78 is 5.05. The molecule has 0 aromatic carbocycles. The van der Waals surface area contributed by atoms with Crippen LogP contribution in [-0.4, -0.2) is 18.3 Å². The van der Waals surface area contributed by atoms with Crippen molar-refractivity contribution in [2.24, 2.45) is 0 Å². The first-order chi connectivity index (χ1) is 4.88. The molecule has 0 saturated carbocycles. The summed E-state index contributed by atoms with van der Waals surface area (Å²) in [6.45, 7) is 0. The van der Waals surface area contributed by atoms with Crippen LogP contribution in [0.15, 0.2) is 23.4 Å². The lowest BCUT2D eigenvalue weighted by molar-refractivity contribution is 0.403. The highest BCUT2D eigenvalue weighted by Crippen LogP contribution is 2.24. The van der Waals surface area contributed by atoms with Crippen LogP contribution >= 0.6 is 11.8 Å². The van der Waals surface area contributed by atoms with Crippen molar-refractivity contribution in [2.45, 2.75) is 4.90 Å². The van der Waals surface area contributed by atoms with Crippen molar-refractivity contribution in [2.75, 3.05) is 13.4 Å². The minimum absolute atomic E-state index is 0.843. The fourth-order valence-corrected chi connectivity index (χ4v) is 1.22. The van der Waals surface area contributed by atoms with Crippen molar-refractivity contribution in [3.8, 4) is 5.75 Å². The van der Waals surface area contributed by atoms with E-state index < -0.39 is 0 Å². The molecule has 0 radical (unpaired) electrons. The van der Waals surface area contributed by atoms with E-state index in [0.717, 1.165) is 10.6 Å². The molecule has 0 saturated heterocycles. The van der Waals surface area contributed by atoms with Gasteiger partial charge < -0.3 is 4.74 Å². The van der Waals surface area contributed by atoms with Crippen LogP contribution in [0.1, 0.15) is 0 Å². The van der Waals surface area contributed by atoms with Gasteiger partial charge in [0.15, 0.2) is 5.75 Å². The van der Waals surface area contributed by atoms with E-state index in [1.54, 1.807) is 31.3 Å². The van der Waals surface area contributed by atoms with Gasteiger partial charge in [-0.2, -0.15) is 0 Å². The Balaban J connectivity index is 2.96. The lowest BCUT2D eigenvalue weighted by Gasteiger charge is -2.02. The molecule has 1 rings (SSSR count). The summed E-state index contributed by atoms with van der Waals surface area (Å²) in [5, 5.41) is 0. The van der Waals surface area contributed by atoms with Crippen molar-refractivity contribution < 1.29 is 4.74 Å². The molecule has 0 fully saturated rings. The Kier molecular flexibility index (Phi) is 2.57. The van der Waals surface area contributed by atoms with Crippen molar-refractivity contribution in [1.82, 2.24) is 4.98 Å². The molecule has 0 atom stereocenters. The molecule has 0 bridgehead atoms. The smallest absolute Gasteiger partial charge is 0.150 e. The van der Waals surface area contributed by atoms with E-state index in [9.17, 15) is 0 Å². The number of ether oxygens (including phenoxy) is 1. The monoisotopic (exact) mass is 155 g/mol. The molecule has 1 heterocycles. The standard InChI is InChI=1S/C7H9NOS/c1-9-6-5-8-4-3-7(6)10-2/h3-5H,1-2H3. The summed E-state index contributed by atoms with van der Waals surface area (Å²) in [7, 11) is 1.65. The minimum Gasteiger partial charge on any atom is -0.494 e. The van der Waals surface area contributed by atoms with E-state index in [0.29, 0.717) is 0 Å². The molecule has 0 aliphatic rings. The fourth-order valence-electron chi connectivity index (χ4n) is 0.689. The SMILES string of the molecule is COc1cnccc1SC. The highest BCUT2D eigenvalue weighted by atomic mass is 32.2. The van der Waals surface area contributed by atoms with Crippen LogP contribution in [0.2, 0.25) is 0 Å². The van der Waals surface area contributed by atoms with Crippen LogP contribution in [0.4, 0.5) is 0 Å². The average Bonchev–Trinajstić information content (AvgIpc) is 2.04. The van der Waals surface area contributed by atoms with Gasteiger partial charge in [-0.15, -0.1) is 11.8 Å². The quantitative estimate of drug-likeness (QED) is 0.608. The third kappa shape index (κ3) is 1.42. The Morgan fingerprint density at radius 1 is 1.60 bits per heavy atom. The van der Waals surface area contributed by atoms with Crippen molar-refractivity contribution in [3.63, 3.8) is 0 Å². The molecule has 10 heavy (non-hydrogen) atoms. The number of rotatable bonds is 2. The maximum absolute atomic E-state index is 5.05. The summed E-state index contributed by atoms with van der Waals surface area (Å²) in [6.07, 6.45) is 5.48. The van der Waals surface area contributed by atoms with Crippen LogP contribution in [0, 0.1) is 0 Å². The second kappa shape index (κ2) is 3.46. The van der Waals surface area contributed by atoms with Gasteiger partial charge in [0, 0.05) is 6.20 Å². The molecule has 0 N–H and O–H groups in total. The number of pyridine rings is 1. The van der Waals surface area contributed by atoms with Gasteiger partial charge in [-0.3, -0.25) is 4.98 Å². The molecule has 3 heteroatoms. The van der Waals surface area contributed by atoms with E-state index in [4.69, 9.17) is 4.74 Å². The lowest BCUT2D eigenvalue weighted by Crippen LogP contribution is -1.85. The third-order valence-corrected chi connectivity index (χ3v) is 1.96. The topological polar surface area (TPSA) is 22.1 Å². The molecule has 0 spiro atoms. The Morgan fingerprint density at radius 3 is 2.90 bits per heavy atom. The molecule has 0 aliphatic heterocycles. The Labute approximate surface area is 64.6 Å². The lowest BCUT2D eigenvalue weighted by atomic mass is 10.5. The van der Waals surface area contributed by atoms with Crippen LogP contribution in [0.3, 0.4) is 0 Å². The van der Waals surface area contributed by atoms with E-state index in [2.05, 4.69) is 4.98 Å². The zero-order valence-electron chi connectivity index (χ0n) is 6.00. The predicted molar refractivity (Wildman–Crippen MR) is 42.6 cm³/mol. The number of hydrogen-bond acceptors (Lipinski definition) is 3. The summed E-state index contributed by atoms with van der Waals surface area (Å²) in [5.74, 6) is 0.843. The van der Waals surface area contributed by atoms with E-state index in [-0.39, 0.29) is 0 Å². The maximum Gasteiger partial charge on any atom is 0.150 e. The van der Waals surface area contributed by atoms with E-state index in [1.165, 1.54) is 0 Å². The fraction of sp³-hybridized carbons (Fsp3) is 0.286. The molecule has 2 nitrogen and oxygen atoms in total. The normalized spacial score (nSPS) is 9.40.